The Hall–Kier alpha value is -4.01. The van der Waals surface area contributed by atoms with Crippen LogP contribution in [0.4, 0.5) is 0 Å². The van der Waals surface area contributed by atoms with Gasteiger partial charge in [0.25, 0.3) is 0 Å². The van der Waals surface area contributed by atoms with Crippen molar-refractivity contribution in [2.24, 2.45) is 23.2 Å². The molecule has 8 unspecified atom stereocenters. The molecule has 4 bridgehead atoms. The average molecular weight is 803 g/mol. The highest BCUT2D eigenvalue weighted by Crippen LogP contribution is 2.61. The second kappa shape index (κ2) is 23.3. The Labute approximate surface area is 326 Å². The number of carboxylic acid groups (broad SMARTS) is 1. The van der Waals surface area contributed by atoms with E-state index >= 15 is 0 Å². The molecule has 0 radical (unpaired) electrons. The highest BCUT2D eigenvalue weighted by molar-refractivity contribution is 5.88. The van der Waals surface area contributed by atoms with Gasteiger partial charge in [0, 0.05) is 29.4 Å². The third kappa shape index (κ3) is 15.2. The highest BCUT2D eigenvalue weighted by atomic mass is 16.8. The largest absolute Gasteiger partial charge is 0.478 e. The van der Waals surface area contributed by atoms with Crippen molar-refractivity contribution in [2.75, 3.05) is 33.5 Å². The summed E-state index contributed by atoms with van der Waals surface area (Å²) in [4.78, 5) is 55.9. The molecule has 0 spiro atoms. The van der Waals surface area contributed by atoms with E-state index in [4.69, 9.17) is 44.1 Å². The summed E-state index contributed by atoms with van der Waals surface area (Å²) >= 11 is 0. The van der Waals surface area contributed by atoms with E-state index in [1.165, 1.54) is 27.9 Å². The molecule has 7 N–H and O–H groups in total. The number of ether oxygens (including phenoxy) is 6. The predicted octanol–water partition coefficient (Wildman–Crippen LogP) is 0.459. The van der Waals surface area contributed by atoms with Crippen LogP contribution in [0.1, 0.15) is 59.8 Å². The first-order chi connectivity index (χ1) is 26.0. The molecule has 18 heteroatoms. The average Bonchev–Trinajstić information content (AvgIpc) is 3.41. The first-order valence-corrected chi connectivity index (χ1v) is 17.8. The monoisotopic (exact) mass is 802 g/mol. The van der Waals surface area contributed by atoms with Crippen LogP contribution in [0.5, 0.6) is 0 Å². The minimum atomic E-state index is -1.32. The molecular formula is C38H58O18. The normalized spacial score (nSPS) is 28.8. The minimum absolute atomic E-state index is 0.130. The first kappa shape index (κ1) is 50.0. The molecule has 5 aliphatic rings. The van der Waals surface area contributed by atoms with E-state index in [2.05, 4.69) is 31.1 Å². The predicted molar refractivity (Wildman–Crippen MR) is 195 cm³/mol. The maximum atomic E-state index is 12.6. The Morgan fingerprint density at radius 3 is 1.52 bits per heavy atom. The molecule has 318 valence electrons. The maximum Gasteiger partial charge on any atom is 0.335 e. The van der Waals surface area contributed by atoms with Gasteiger partial charge in [0.1, 0.15) is 43.7 Å². The molecule has 8 atom stereocenters. The molecule has 4 aliphatic carbocycles. The zero-order valence-electron chi connectivity index (χ0n) is 32.6. The summed E-state index contributed by atoms with van der Waals surface area (Å²) in [7, 11) is 1.31. The van der Waals surface area contributed by atoms with Crippen molar-refractivity contribution < 1.29 is 88.1 Å². The summed E-state index contributed by atoms with van der Waals surface area (Å²) in [6.45, 7) is 18.4. The molecule has 5 fully saturated rings. The smallest absolute Gasteiger partial charge is 0.335 e. The van der Waals surface area contributed by atoms with Crippen molar-refractivity contribution in [1.82, 2.24) is 0 Å². The summed E-state index contributed by atoms with van der Waals surface area (Å²) in [5.41, 5.74) is 0.514. The number of rotatable bonds is 14. The summed E-state index contributed by atoms with van der Waals surface area (Å²) in [5, 5.41) is 62.0. The molecule has 0 aromatic carbocycles. The summed E-state index contributed by atoms with van der Waals surface area (Å²) in [6.07, 6.45) is -2.83. The van der Waals surface area contributed by atoms with Crippen LogP contribution in [-0.4, -0.2) is 142 Å². The fraction of sp³-hybridized carbons (Fsp3) is 0.658. The molecular weight excluding hydrogens is 744 g/mol. The lowest BCUT2D eigenvalue weighted by Crippen LogP contribution is -2.57. The lowest BCUT2D eigenvalue weighted by Gasteiger charge is -2.57. The lowest BCUT2D eigenvalue weighted by molar-refractivity contribution is -0.213. The third-order valence-corrected chi connectivity index (χ3v) is 9.14. The van der Waals surface area contributed by atoms with Crippen LogP contribution >= 0.6 is 0 Å². The van der Waals surface area contributed by atoms with Crippen molar-refractivity contribution in [1.29, 1.82) is 0 Å². The molecule has 18 nitrogen and oxygen atoms in total. The SMILES string of the molecule is C=C(C)C(=O)O.C=C(C)C(=O)OC1C2CC3CC1CC(C(=O)OCC(O)CO)(C3)C2.C=C(C)C(=O)OC1OC(OC)C(O)C1O.C=C(C)C(=O)OCC(O)CO. The number of esters is 4. The first-order valence-electron chi connectivity index (χ1n) is 17.8. The molecule has 5 rings (SSSR count). The Morgan fingerprint density at radius 1 is 0.696 bits per heavy atom. The van der Waals surface area contributed by atoms with Gasteiger partial charge in [-0.05, 0) is 77.6 Å². The van der Waals surface area contributed by atoms with E-state index in [0.717, 1.165) is 19.3 Å². The number of hydrogen-bond donors (Lipinski definition) is 7. The fourth-order valence-electron chi connectivity index (χ4n) is 6.48. The van der Waals surface area contributed by atoms with Crippen LogP contribution in [0.3, 0.4) is 0 Å². The minimum Gasteiger partial charge on any atom is -0.478 e. The fourth-order valence-corrected chi connectivity index (χ4v) is 6.48. The van der Waals surface area contributed by atoms with Gasteiger partial charge in [0.2, 0.25) is 6.29 Å². The second-order valence-corrected chi connectivity index (χ2v) is 14.4. The van der Waals surface area contributed by atoms with E-state index in [1.54, 1.807) is 6.92 Å². The van der Waals surface area contributed by atoms with E-state index in [-0.39, 0.29) is 59.8 Å². The number of carbonyl (C=O) groups is 5. The number of carbonyl (C=O) groups excluding carboxylic acids is 4. The highest BCUT2D eigenvalue weighted by Gasteiger charge is 2.60. The summed E-state index contributed by atoms with van der Waals surface area (Å²) < 4.78 is 29.8. The van der Waals surface area contributed by atoms with E-state index in [0.29, 0.717) is 24.3 Å². The van der Waals surface area contributed by atoms with Gasteiger partial charge in [-0.1, -0.05) is 26.3 Å². The van der Waals surface area contributed by atoms with Gasteiger partial charge in [0.15, 0.2) is 6.29 Å². The standard InChI is InChI=1S/C18H26O6.C9H14O6.C7H12O4.C4H6O2/c1-10(2)16(21)24-15-12-3-11-4-13(15)7-18(5-11,6-12)17(22)23-9-14(20)8-19;1-4(2)7(12)14-9-6(11)5(10)8(13-3)15-9;1-5(2)7(10)11-4-6(9)3-8;1-3(2)4(5)6/h11-15,19-20H,1,3-9H2,2H3;5-6,8-11H,1H2,2-3H3;6,8-9H,1,3-4H2,2H3;1H2,2H3,(H,5,6). The number of hydrogen-bond acceptors (Lipinski definition) is 17. The van der Waals surface area contributed by atoms with Crippen LogP contribution in [0.15, 0.2) is 48.6 Å². The van der Waals surface area contributed by atoms with Crippen molar-refractivity contribution in [2.45, 2.75) is 103 Å². The third-order valence-electron chi connectivity index (χ3n) is 9.14. The maximum absolute atomic E-state index is 12.6. The summed E-state index contributed by atoms with van der Waals surface area (Å²) in [5.74, 6) is -1.97. The molecule has 1 aliphatic heterocycles. The van der Waals surface area contributed by atoms with Gasteiger partial charge in [-0.3, -0.25) is 4.79 Å². The van der Waals surface area contributed by atoms with Gasteiger partial charge < -0.3 is 64.2 Å². The van der Waals surface area contributed by atoms with Crippen LogP contribution in [0.2, 0.25) is 0 Å². The number of aliphatic hydroxyl groups excluding tert-OH is 6. The Balaban J connectivity index is 0.000000420. The molecule has 0 amide bonds. The molecule has 0 aromatic heterocycles. The van der Waals surface area contributed by atoms with Crippen LogP contribution in [0.25, 0.3) is 0 Å². The van der Waals surface area contributed by atoms with Gasteiger partial charge >= 0.3 is 29.8 Å². The second-order valence-electron chi connectivity index (χ2n) is 14.4. The van der Waals surface area contributed by atoms with Gasteiger partial charge in [-0.15, -0.1) is 0 Å². The van der Waals surface area contributed by atoms with Crippen LogP contribution in [0, 0.1) is 23.2 Å². The molecule has 4 saturated carbocycles. The Bertz CT molecular complexity index is 1390. The van der Waals surface area contributed by atoms with Crippen LogP contribution in [-0.2, 0) is 52.4 Å². The van der Waals surface area contributed by atoms with Gasteiger partial charge in [-0.25, -0.2) is 19.2 Å². The topological polar surface area (TPSA) is 282 Å². The zero-order chi connectivity index (χ0) is 43.1. The summed E-state index contributed by atoms with van der Waals surface area (Å²) in [6, 6.07) is 0. The van der Waals surface area contributed by atoms with Crippen molar-refractivity contribution in [3.8, 4) is 0 Å². The van der Waals surface area contributed by atoms with Crippen molar-refractivity contribution >= 4 is 29.8 Å². The van der Waals surface area contributed by atoms with E-state index in [1.807, 2.05) is 0 Å². The zero-order valence-corrected chi connectivity index (χ0v) is 32.6. The van der Waals surface area contributed by atoms with Crippen molar-refractivity contribution in [3.05, 3.63) is 48.6 Å². The molecule has 0 aromatic rings. The van der Waals surface area contributed by atoms with Crippen molar-refractivity contribution in [3.63, 3.8) is 0 Å². The van der Waals surface area contributed by atoms with E-state index < -0.39 is 73.5 Å². The Morgan fingerprint density at radius 2 is 1.12 bits per heavy atom. The van der Waals surface area contributed by atoms with Crippen LogP contribution < -0.4 is 0 Å². The number of carboxylic acids is 1. The lowest BCUT2D eigenvalue weighted by atomic mass is 9.48. The molecule has 56 heavy (non-hydrogen) atoms. The quantitative estimate of drug-likeness (QED) is 0.0713. The number of aliphatic hydroxyl groups is 6. The molecule has 1 heterocycles. The number of methoxy groups -OCH3 is 1. The van der Waals surface area contributed by atoms with E-state index in [9.17, 15) is 39.3 Å². The Kier molecular flexibility index (Phi) is 20.8. The molecule has 1 saturated heterocycles. The van der Waals surface area contributed by atoms with Gasteiger partial charge in [-0.2, -0.15) is 0 Å². The van der Waals surface area contributed by atoms with Gasteiger partial charge in [0.05, 0.1) is 18.6 Å². The number of aliphatic carboxylic acids is 1.